The van der Waals surface area contributed by atoms with Crippen molar-refractivity contribution in [2.45, 2.75) is 45.0 Å². The van der Waals surface area contributed by atoms with E-state index in [1.807, 2.05) is 35.7 Å². The molecule has 9 heteroatoms. The quantitative estimate of drug-likeness (QED) is 0.347. The molecule has 0 aliphatic rings. The van der Waals surface area contributed by atoms with Crippen LogP contribution in [0.5, 0.6) is 0 Å². The molecule has 0 unspecified atom stereocenters. The molecule has 32 heavy (non-hydrogen) atoms. The third-order valence-corrected chi connectivity index (χ3v) is 6.93. The topological polar surface area (TPSA) is 76.8 Å². The van der Waals surface area contributed by atoms with Crippen LogP contribution in [0.25, 0.3) is 5.69 Å². The van der Waals surface area contributed by atoms with Crippen molar-refractivity contribution < 1.29 is 4.79 Å². The molecule has 2 aromatic heterocycles. The van der Waals surface area contributed by atoms with Crippen molar-refractivity contribution in [1.82, 2.24) is 25.2 Å². The van der Waals surface area contributed by atoms with E-state index < -0.39 is 0 Å². The number of para-hydroxylation sites is 2. The van der Waals surface area contributed by atoms with Crippen LogP contribution in [0.2, 0.25) is 0 Å². The van der Waals surface area contributed by atoms with Gasteiger partial charge in [-0.1, -0.05) is 55.1 Å². The molecular weight excluding hydrogens is 440 g/mol. The molecule has 4 rings (SSSR count). The van der Waals surface area contributed by atoms with Crippen LogP contribution in [0, 0.1) is 13.8 Å². The molecule has 2 aromatic carbocycles. The molecule has 0 fully saturated rings. The minimum absolute atomic E-state index is 0.0570. The molecule has 0 radical (unpaired) electrons. The molecule has 0 aliphatic heterocycles. The zero-order chi connectivity index (χ0) is 22.7. The highest BCUT2D eigenvalue weighted by Gasteiger charge is 2.21. The summed E-state index contributed by atoms with van der Waals surface area (Å²) in [6, 6.07) is 14.1. The molecule has 0 aliphatic carbocycles. The van der Waals surface area contributed by atoms with Gasteiger partial charge in [-0.2, -0.15) is 4.68 Å². The number of nitrogens with zero attached hydrogens (tertiary/aromatic N) is 6. The number of carbonyl (C=O) groups is 1. The second kappa shape index (κ2) is 9.62. The summed E-state index contributed by atoms with van der Waals surface area (Å²) in [5.74, 6) is 0.543. The fraction of sp³-hybridized carbons (Fsp3) is 0.261. The zero-order valence-corrected chi connectivity index (χ0v) is 20.1. The Labute approximate surface area is 195 Å². The van der Waals surface area contributed by atoms with E-state index in [1.54, 1.807) is 16.5 Å². The lowest BCUT2D eigenvalue weighted by molar-refractivity contribution is -0.115. The van der Waals surface area contributed by atoms with Gasteiger partial charge in [-0.25, -0.2) is 4.98 Å². The van der Waals surface area contributed by atoms with Crippen molar-refractivity contribution in [3.63, 3.8) is 0 Å². The number of rotatable bonds is 7. The number of amides is 1. The number of hydrogen-bond donors (Lipinski definition) is 0. The van der Waals surface area contributed by atoms with Crippen molar-refractivity contribution in [1.29, 1.82) is 0 Å². The van der Waals surface area contributed by atoms with E-state index in [0.717, 1.165) is 40.2 Å². The maximum absolute atomic E-state index is 12.5. The van der Waals surface area contributed by atoms with Gasteiger partial charge in [0.2, 0.25) is 11.1 Å². The number of tetrazole rings is 1. The van der Waals surface area contributed by atoms with Gasteiger partial charge in [-0.3, -0.25) is 9.69 Å². The van der Waals surface area contributed by atoms with Crippen molar-refractivity contribution in [2.24, 2.45) is 0 Å². The van der Waals surface area contributed by atoms with Gasteiger partial charge in [0, 0.05) is 18.1 Å². The first-order valence-electron chi connectivity index (χ1n) is 10.3. The summed E-state index contributed by atoms with van der Waals surface area (Å²) in [5, 5.41) is 15.6. The number of aromatic nitrogens is 5. The van der Waals surface area contributed by atoms with E-state index in [0.29, 0.717) is 16.0 Å². The maximum Gasteiger partial charge on any atom is 0.230 e. The largest absolute Gasteiger partial charge is 0.274 e. The summed E-state index contributed by atoms with van der Waals surface area (Å²) < 4.78 is 1.78. The van der Waals surface area contributed by atoms with Crippen LogP contribution < -0.4 is 4.90 Å². The lowest BCUT2D eigenvalue weighted by atomic mass is 10.1. The van der Waals surface area contributed by atoms with Crippen LogP contribution >= 0.6 is 23.1 Å². The monoisotopic (exact) mass is 464 g/mol. The van der Waals surface area contributed by atoms with E-state index >= 15 is 0 Å². The van der Waals surface area contributed by atoms with Crippen LogP contribution in [-0.2, 0) is 17.0 Å². The average molecular weight is 465 g/mol. The molecule has 0 spiro atoms. The van der Waals surface area contributed by atoms with Gasteiger partial charge >= 0.3 is 0 Å². The van der Waals surface area contributed by atoms with E-state index in [9.17, 15) is 4.79 Å². The molecule has 0 atom stereocenters. The van der Waals surface area contributed by atoms with Crippen LogP contribution in [0.3, 0.4) is 0 Å². The number of hydrogen-bond acceptors (Lipinski definition) is 7. The van der Waals surface area contributed by atoms with Crippen molar-refractivity contribution in [3.05, 3.63) is 70.2 Å². The Morgan fingerprint density at radius 1 is 1.12 bits per heavy atom. The highest BCUT2D eigenvalue weighted by atomic mass is 32.2. The fourth-order valence-corrected chi connectivity index (χ4v) is 5.34. The number of benzene rings is 2. The van der Waals surface area contributed by atoms with E-state index in [1.165, 1.54) is 23.1 Å². The first-order chi connectivity index (χ1) is 15.5. The average Bonchev–Trinajstić information content (AvgIpc) is 3.42. The SMILES string of the molecule is CCc1ccccc1N(C(C)=O)c1nc(CSc2nnnn2-c2c(C)cccc2C)cs1. The Morgan fingerprint density at radius 3 is 2.59 bits per heavy atom. The summed E-state index contributed by atoms with van der Waals surface area (Å²) in [6.45, 7) is 7.76. The molecule has 0 saturated heterocycles. The summed E-state index contributed by atoms with van der Waals surface area (Å²) in [4.78, 5) is 18.9. The Morgan fingerprint density at radius 2 is 1.88 bits per heavy atom. The molecule has 7 nitrogen and oxygen atoms in total. The van der Waals surface area contributed by atoms with Gasteiger partial charge < -0.3 is 0 Å². The molecule has 0 saturated carbocycles. The van der Waals surface area contributed by atoms with Gasteiger partial charge in [0.1, 0.15) is 0 Å². The van der Waals surface area contributed by atoms with Gasteiger partial charge in [-0.05, 0) is 53.5 Å². The van der Waals surface area contributed by atoms with Gasteiger partial charge in [0.15, 0.2) is 5.13 Å². The van der Waals surface area contributed by atoms with E-state index in [-0.39, 0.29) is 5.91 Å². The predicted octanol–water partition coefficient (Wildman–Crippen LogP) is 5.27. The molecule has 0 N–H and O–H groups in total. The zero-order valence-electron chi connectivity index (χ0n) is 18.4. The Balaban J connectivity index is 1.56. The highest BCUT2D eigenvalue weighted by Crippen LogP contribution is 2.33. The number of thioether (sulfide) groups is 1. The molecule has 0 bridgehead atoms. The normalized spacial score (nSPS) is 11.0. The summed E-state index contributed by atoms with van der Waals surface area (Å²) >= 11 is 2.99. The molecular formula is C23H24N6OS2. The van der Waals surface area contributed by atoms with Crippen LogP contribution in [-0.4, -0.2) is 31.1 Å². The second-order valence-electron chi connectivity index (χ2n) is 7.36. The first kappa shape index (κ1) is 22.2. The summed E-state index contributed by atoms with van der Waals surface area (Å²) in [6.07, 6.45) is 0.842. The Kier molecular flexibility index (Phi) is 6.66. The third-order valence-electron chi connectivity index (χ3n) is 5.10. The fourth-order valence-electron chi connectivity index (χ4n) is 3.59. The predicted molar refractivity (Wildman–Crippen MR) is 129 cm³/mol. The van der Waals surface area contributed by atoms with Crippen molar-refractivity contribution >= 4 is 39.8 Å². The standard InChI is InChI=1S/C23H24N6OS2/c1-5-18-11-6-7-12-20(18)28(17(4)30)22-24-19(13-31-22)14-32-23-25-26-27-29(23)21-15(2)9-8-10-16(21)3/h6-13H,5,14H2,1-4H3. The number of aryl methyl sites for hydroxylation is 3. The third kappa shape index (κ3) is 4.44. The molecule has 164 valence electrons. The van der Waals surface area contributed by atoms with Crippen LogP contribution in [0.15, 0.2) is 53.0 Å². The highest BCUT2D eigenvalue weighted by molar-refractivity contribution is 7.98. The second-order valence-corrected chi connectivity index (χ2v) is 9.14. The maximum atomic E-state index is 12.5. The number of thiazole rings is 1. The van der Waals surface area contributed by atoms with Gasteiger partial charge in [0.05, 0.1) is 17.1 Å². The summed E-state index contributed by atoms with van der Waals surface area (Å²) in [7, 11) is 0. The van der Waals surface area contributed by atoms with Crippen molar-refractivity contribution in [2.75, 3.05) is 4.90 Å². The lowest BCUT2D eigenvalue weighted by Gasteiger charge is -2.20. The Bertz CT molecular complexity index is 1230. The lowest BCUT2D eigenvalue weighted by Crippen LogP contribution is -2.23. The minimum Gasteiger partial charge on any atom is -0.274 e. The summed E-state index contributed by atoms with van der Waals surface area (Å²) in [5.41, 5.74) is 6.10. The van der Waals surface area contributed by atoms with E-state index in [4.69, 9.17) is 4.98 Å². The van der Waals surface area contributed by atoms with Crippen molar-refractivity contribution in [3.8, 4) is 5.69 Å². The number of carbonyl (C=O) groups excluding carboxylic acids is 1. The van der Waals surface area contributed by atoms with E-state index in [2.05, 4.69) is 48.4 Å². The molecule has 2 heterocycles. The smallest absolute Gasteiger partial charge is 0.230 e. The number of anilines is 2. The first-order valence-corrected chi connectivity index (χ1v) is 12.2. The molecule has 4 aromatic rings. The Hall–Kier alpha value is -3.04. The van der Waals surface area contributed by atoms with Crippen LogP contribution in [0.1, 0.15) is 36.2 Å². The molecule has 1 amide bonds. The minimum atomic E-state index is -0.0570. The van der Waals surface area contributed by atoms with Crippen LogP contribution in [0.4, 0.5) is 10.8 Å². The van der Waals surface area contributed by atoms with Gasteiger partial charge in [-0.15, -0.1) is 16.4 Å². The van der Waals surface area contributed by atoms with Gasteiger partial charge in [0.25, 0.3) is 0 Å².